The fourth-order valence-corrected chi connectivity index (χ4v) is 3.44. The van der Waals surface area contributed by atoms with Crippen molar-refractivity contribution in [1.82, 2.24) is 25.2 Å². The van der Waals surface area contributed by atoms with Crippen molar-refractivity contribution in [2.45, 2.75) is 23.5 Å². The van der Waals surface area contributed by atoms with Crippen molar-refractivity contribution in [3.63, 3.8) is 0 Å². The first kappa shape index (κ1) is 19.9. The molecule has 0 aliphatic carbocycles. The van der Waals surface area contributed by atoms with Crippen molar-refractivity contribution in [3.8, 4) is 11.4 Å². The molecule has 2 amide bonds. The molecule has 3 rings (SSSR count). The molecule has 0 saturated heterocycles. The molecule has 0 saturated carbocycles. The monoisotopic (exact) mass is 412 g/mol. The van der Waals surface area contributed by atoms with Gasteiger partial charge in [-0.1, -0.05) is 0 Å². The number of primary amides is 1. The van der Waals surface area contributed by atoms with Gasteiger partial charge in [0.1, 0.15) is 0 Å². The number of nitro benzene ring substituents is 1. The Labute approximate surface area is 169 Å². The lowest BCUT2D eigenvalue weighted by molar-refractivity contribution is -0.384. The molecule has 2 aromatic heterocycles. The molecule has 0 radical (unpaired) electrons. The number of benzene rings is 1. The molecule has 0 aliphatic heterocycles. The van der Waals surface area contributed by atoms with Gasteiger partial charge in [-0.3, -0.25) is 15.1 Å². The number of hydrazone groups is 1. The lowest BCUT2D eigenvalue weighted by Gasteiger charge is -2.08. The molecule has 0 aliphatic rings. The molecule has 2 heterocycles. The molecule has 12 heteroatoms. The minimum Gasteiger partial charge on any atom is -0.350 e. The van der Waals surface area contributed by atoms with Crippen LogP contribution in [0.3, 0.4) is 0 Å². The Morgan fingerprint density at radius 3 is 2.76 bits per heavy atom. The summed E-state index contributed by atoms with van der Waals surface area (Å²) >= 11 is 1.28. The molecular weight excluding hydrogens is 396 g/mol. The number of pyridine rings is 1. The van der Waals surface area contributed by atoms with Crippen LogP contribution in [0.5, 0.6) is 0 Å². The second-order valence-corrected chi connectivity index (χ2v) is 6.61. The van der Waals surface area contributed by atoms with Crippen molar-refractivity contribution < 1.29 is 9.72 Å². The van der Waals surface area contributed by atoms with Crippen LogP contribution in [0.25, 0.3) is 11.4 Å². The first-order chi connectivity index (χ1) is 14.0. The van der Waals surface area contributed by atoms with Crippen LogP contribution in [0.4, 0.5) is 10.5 Å². The number of nitrogens with one attached hydrogen (secondary N) is 1. The topological polar surface area (TPSA) is 154 Å². The first-order valence-electron chi connectivity index (χ1n) is 8.38. The third-order valence-corrected chi connectivity index (χ3v) is 4.83. The molecule has 11 nitrogen and oxygen atoms in total. The highest BCUT2D eigenvalue weighted by atomic mass is 32.2. The maximum atomic E-state index is 11.1. The Morgan fingerprint density at radius 2 is 2.10 bits per heavy atom. The molecule has 29 heavy (non-hydrogen) atoms. The summed E-state index contributed by atoms with van der Waals surface area (Å²) in [6.07, 6.45) is 4.64. The molecule has 0 fully saturated rings. The summed E-state index contributed by atoms with van der Waals surface area (Å²) in [4.78, 5) is 26.1. The minimum absolute atomic E-state index is 0.107. The van der Waals surface area contributed by atoms with Gasteiger partial charge in [0.25, 0.3) is 5.69 Å². The lowest BCUT2D eigenvalue weighted by Crippen LogP contribution is -2.24. The summed E-state index contributed by atoms with van der Waals surface area (Å²) in [7, 11) is 0. The van der Waals surface area contributed by atoms with Gasteiger partial charge in [-0.05, 0) is 36.9 Å². The smallest absolute Gasteiger partial charge is 0.332 e. The number of nitrogens with zero attached hydrogens (tertiary/aromatic N) is 6. The van der Waals surface area contributed by atoms with Gasteiger partial charge in [0, 0.05) is 47.1 Å². The van der Waals surface area contributed by atoms with Gasteiger partial charge >= 0.3 is 6.03 Å². The molecule has 0 spiro atoms. The van der Waals surface area contributed by atoms with Gasteiger partial charge in [-0.15, -0.1) is 10.2 Å². The Morgan fingerprint density at radius 1 is 1.34 bits per heavy atom. The Balaban J connectivity index is 1.97. The van der Waals surface area contributed by atoms with Crippen LogP contribution >= 0.6 is 11.8 Å². The second kappa shape index (κ2) is 8.93. The molecule has 0 unspecified atom stereocenters. The van der Waals surface area contributed by atoms with E-state index in [1.807, 2.05) is 23.6 Å². The van der Waals surface area contributed by atoms with Crippen LogP contribution in [-0.4, -0.2) is 36.9 Å². The normalized spacial score (nSPS) is 10.9. The third kappa shape index (κ3) is 4.73. The van der Waals surface area contributed by atoms with E-state index in [1.54, 1.807) is 18.5 Å². The number of rotatable bonds is 7. The molecule has 3 N–H and O–H groups in total. The van der Waals surface area contributed by atoms with E-state index in [1.165, 1.54) is 30.1 Å². The summed E-state index contributed by atoms with van der Waals surface area (Å²) < 4.78 is 1.92. The Bertz CT molecular complexity index is 1070. The van der Waals surface area contributed by atoms with Crippen LogP contribution < -0.4 is 11.2 Å². The molecule has 148 valence electrons. The van der Waals surface area contributed by atoms with Crippen LogP contribution in [0.15, 0.2) is 57.9 Å². The number of urea groups is 1. The minimum atomic E-state index is -0.839. The summed E-state index contributed by atoms with van der Waals surface area (Å²) in [5.41, 5.74) is 8.25. The first-order valence-corrected chi connectivity index (χ1v) is 9.19. The number of non-ortho nitro benzene ring substituents is 1. The summed E-state index contributed by atoms with van der Waals surface area (Å²) in [6.45, 7) is 2.58. The van der Waals surface area contributed by atoms with Gasteiger partial charge < -0.3 is 10.3 Å². The second-order valence-electron chi connectivity index (χ2n) is 5.60. The Kier molecular flexibility index (Phi) is 6.14. The van der Waals surface area contributed by atoms with E-state index in [0.717, 1.165) is 5.56 Å². The van der Waals surface area contributed by atoms with E-state index in [-0.39, 0.29) is 5.69 Å². The highest BCUT2D eigenvalue weighted by molar-refractivity contribution is 7.99. The van der Waals surface area contributed by atoms with E-state index in [9.17, 15) is 14.9 Å². The average molecular weight is 412 g/mol. The fraction of sp³-hybridized carbons (Fsp3) is 0.118. The number of hydrogen-bond acceptors (Lipinski definition) is 8. The molecule has 0 atom stereocenters. The number of nitrogens with two attached hydrogens (primary N) is 1. The quantitative estimate of drug-likeness (QED) is 0.343. The lowest BCUT2D eigenvalue weighted by atomic mass is 10.2. The summed E-state index contributed by atoms with van der Waals surface area (Å²) in [5, 5.41) is 23.9. The number of carbonyl (C=O) groups is 1. The van der Waals surface area contributed by atoms with Crippen LogP contribution in [0.1, 0.15) is 12.5 Å². The molecule has 3 aromatic rings. The highest BCUT2D eigenvalue weighted by Gasteiger charge is 2.17. The van der Waals surface area contributed by atoms with E-state index < -0.39 is 11.0 Å². The molecular formula is C17H16N8O3S. The van der Waals surface area contributed by atoms with Crippen molar-refractivity contribution in [2.75, 3.05) is 0 Å². The standard InChI is InChI=1S/C17H16N8O3S/c1-2-24-15(11-5-7-19-8-6-11)21-23-17(24)29-14-4-3-13(25(27)28)9-12(14)10-20-22-16(18)26/h3-10H,2H2,1H3,(H3,18,22,26)/b20-10-. The van der Waals surface area contributed by atoms with E-state index in [4.69, 9.17) is 5.73 Å². The van der Waals surface area contributed by atoms with Crippen molar-refractivity contribution >= 4 is 29.7 Å². The number of carbonyl (C=O) groups excluding carboxylic acids is 1. The Hall–Kier alpha value is -3.80. The van der Waals surface area contributed by atoms with Crippen molar-refractivity contribution in [3.05, 3.63) is 58.4 Å². The number of hydrogen-bond donors (Lipinski definition) is 2. The van der Waals surface area contributed by atoms with Crippen molar-refractivity contribution in [1.29, 1.82) is 0 Å². The van der Waals surface area contributed by atoms with Gasteiger partial charge in [-0.2, -0.15) is 5.10 Å². The fourth-order valence-electron chi connectivity index (χ4n) is 2.47. The van der Waals surface area contributed by atoms with Crippen LogP contribution in [0.2, 0.25) is 0 Å². The summed E-state index contributed by atoms with van der Waals surface area (Å²) in [5.74, 6) is 0.685. The largest absolute Gasteiger partial charge is 0.350 e. The predicted octanol–water partition coefficient (Wildman–Crippen LogP) is 2.42. The summed E-state index contributed by atoms with van der Waals surface area (Å²) in [6, 6.07) is 7.17. The zero-order valence-electron chi connectivity index (χ0n) is 15.2. The van der Waals surface area contributed by atoms with Gasteiger partial charge in [0.2, 0.25) is 0 Å². The maximum Gasteiger partial charge on any atom is 0.332 e. The maximum absolute atomic E-state index is 11.1. The molecule has 1 aromatic carbocycles. The molecule has 0 bridgehead atoms. The zero-order chi connectivity index (χ0) is 20.8. The SMILES string of the molecule is CCn1c(Sc2ccc([N+](=O)[O-])cc2/C=N\NC(N)=O)nnc1-c1ccncc1. The van der Waals surface area contributed by atoms with Crippen LogP contribution in [-0.2, 0) is 6.54 Å². The predicted molar refractivity (Wildman–Crippen MR) is 106 cm³/mol. The average Bonchev–Trinajstić information content (AvgIpc) is 3.12. The number of amides is 2. The van der Waals surface area contributed by atoms with E-state index in [2.05, 4.69) is 25.7 Å². The van der Waals surface area contributed by atoms with E-state index >= 15 is 0 Å². The zero-order valence-corrected chi connectivity index (χ0v) is 16.0. The number of nitro groups is 1. The van der Waals surface area contributed by atoms with Gasteiger partial charge in [0.15, 0.2) is 11.0 Å². The van der Waals surface area contributed by atoms with Crippen LogP contribution in [0, 0.1) is 10.1 Å². The third-order valence-electron chi connectivity index (χ3n) is 3.76. The highest BCUT2D eigenvalue weighted by Crippen LogP contribution is 2.32. The van der Waals surface area contributed by atoms with Crippen molar-refractivity contribution in [2.24, 2.45) is 10.8 Å². The number of aromatic nitrogens is 4. The van der Waals surface area contributed by atoms with Gasteiger partial charge in [0.05, 0.1) is 11.1 Å². The van der Waals surface area contributed by atoms with E-state index in [0.29, 0.717) is 28.0 Å². The van der Waals surface area contributed by atoms with Gasteiger partial charge in [-0.25, -0.2) is 10.2 Å².